The van der Waals surface area contributed by atoms with Crippen molar-refractivity contribution >= 4 is 5.69 Å². The fourth-order valence-corrected chi connectivity index (χ4v) is 6.74. The lowest BCUT2D eigenvalue weighted by Gasteiger charge is -2.58. The third-order valence-electron chi connectivity index (χ3n) is 7.53. The van der Waals surface area contributed by atoms with Crippen LogP contribution in [0.25, 0.3) is 0 Å². The zero-order chi connectivity index (χ0) is 14.9. The van der Waals surface area contributed by atoms with Crippen LogP contribution < -0.4 is 5.06 Å². The average Bonchev–Trinajstić information content (AvgIpc) is 3.08. The molecule has 1 aromatic rings. The summed E-state index contributed by atoms with van der Waals surface area (Å²) < 4.78 is 0. The molecule has 0 radical (unpaired) electrons. The zero-order valence-electron chi connectivity index (χ0n) is 13.5. The van der Waals surface area contributed by atoms with Gasteiger partial charge < -0.3 is 0 Å². The molecule has 3 nitrogen and oxygen atoms in total. The Hall–Kier alpha value is -1.06. The van der Waals surface area contributed by atoms with Crippen molar-refractivity contribution in [3.63, 3.8) is 0 Å². The quantitative estimate of drug-likeness (QED) is 0.859. The Morgan fingerprint density at radius 1 is 1.18 bits per heavy atom. The Kier molecular flexibility index (Phi) is 2.60. The summed E-state index contributed by atoms with van der Waals surface area (Å²) in [7, 11) is 0. The second-order valence-electron chi connectivity index (χ2n) is 7.96. The molecule has 3 heterocycles. The molecule has 5 rings (SSSR count). The molecule has 22 heavy (non-hydrogen) atoms. The van der Waals surface area contributed by atoms with Crippen molar-refractivity contribution in [3.05, 3.63) is 29.8 Å². The molecular weight excluding hydrogens is 272 g/mol. The van der Waals surface area contributed by atoms with Crippen LogP contribution in [0.1, 0.15) is 51.0 Å². The fraction of sp³-hybridized carbons (Fsp3) is 0.684. The van der Waals surface area contributed by atoms with E-state index in [9.17, 15) is 5.21 Å². The summed E-state index contributed by atoms with van der Waals surface area (Å²) in [5, 5.41) is 12.5. The first-order valence-corrected chi connectivity index (χ1v) is 9.05. The van der Waals surface area contributed by atoms with E-state index < -0.39 is 0 Å². The van der Waals surface area contributed by atoms with Crippen molar-refractivity contribution in [2.24, 2.45) is 5.41 Å². The van der Waals surface area contributed by atoms with E-state index in [1.165, 1.54) is 50.8 Å². The maximum atomic E-state index is 10.9. The van der Waals surface area contributed by atoms with Crippen LogP contribution in [0.4, 0.5) is 5.69 Å². The second kappa shape index (κ2) is 4.27. The molecule has 0 bridgehead atoms. The molecule has 1 aromatic carbocycles. The molecule has 1 N–H and O–H groups in total. The lowest BCUT2D eigenvalue weighted by Crippen LogP contribution is -2.64. The lowest BCUT2D eigenvalue weighted by molar-refractivity contribution is -0.0433. The number of piperidine rings is 1. The summed E-state index contributed by atoms with van der Waals surface area (Å²) in [5.41, 5.74) is 3.14. The molecule has 1 spiro atoms. The first-order chi connectivity index (χ1) is 10.7. The highest BCUT2D eigenvalue weighted by atomic mass is 16.5. The average molecular weight is 298 g/mol. The number of fused-ring (bicyclic) bond motifs is 1. The van der Waals surface area contributed by atoms with Gasteiger partial charge in [0.05, 0.1) is 11.7 Å². The highest BCUT2D eigenvalue weighted by molar-refractivity contribution is 5.64. The Bertz CT molecular complexity index is 617. The van der Waals surface area contributed by atoms with E-state index in [2.05, 4.69) is 36.1 Å². The van der Waals surface area contributed by atoms with Crippen LogP contribution in [0.3, 0.4) is 0 Å². The first kappa shape index (κ1) is 13.4. The predicted molar refractivity (Wildman–Crippen MR) is 87.3 cm³/mol. The van der Waals surface area contributed by atoms with Crippen LogP contribution in [0.15, 0.2) is 24.3 Å². The third kappa shape index (κ3) is 1.32. The molecule has 3 fully saturated rings. The van der Waals surface area contributed by atoms with Gasteiger partial charge in [-0.05, 0) is 68.7 Å². The summed E-state index contributed by atoms with van der Waals surface area (Å²) in [5.74, 6) is 0. The lowest BCUT2D eigenvalue weighted by atomic mass is 9.52. The van der Waals surface area contributed by atoms with Gasteiger partial charge in [0, 0.05) is 11.5 Å². The highest BCUT2D eigenvalue weighted by Crippen LogP contribution is 2.64. The van der Waals surface area contributed by atoms with Crippen molar-refractivity contribution in [2.45, 2.75) is 62.9 Å². The monoisotopic (exact) mass is 298 g/mol. The van der Waals surface area contributed by atoms with Crippen LogP contribution in [-0.4, -0.2) is 35.3 Å². The van der Waals surface area contributed by atoms with E-state index in [0.29, 0.717) is 11.5 Å². The standard InChI is InChI=1S/C19H26N2O/c1-2-18-9-5-12-20-13-11-19(17(18)20)14-6-3-4-7-15(14)21(22)16(19)8-10-18/h3-4,6-7,16-17,22H,2,5,8-13H2,1H3. The molecule has 4 atom stereocenters. The Morgan fingerprint density at radius 3 is 2.91 bits per heavy atom. The van der Waals surface area contributed by atoms with Crippen molar-refractivity contribution in [1.29, 1.82) is 0 Å². The Labute approximate surface area is 132 Å². The summed E-state index contributed by atoms with van der Waals surface area (Å²) in [6.07, 6.45) is 7.67. The highest BCUT2D eigenvalue weighted by Gasteiger charge is 2.67. The fourth-order valence-electron chi connectivity index (χ4n) is 6.74. The van der Waals surface area contributed by atoms with Gasteiger partial charge in [-0.15, -0.1) is 0 Å². The van der Waals surface area contributed by atoms with Gasteiger partial charge in [0.15, 0.2) is 0 Å². The number of rotatable bonds is 1. The smallest absolute Gasteiger partial charge is 0.0676 e. The minimum Gasteiger partial charge on any atom is -0.299 e. The summed E-state index contributed by atoms with van der Waals surface area (Å²) in [6.45, 7) is 4.87. The van der Waals surface area contributed by atoms with Gasteiger partial charge in [-0.2, -0.15) is 0 Å². The summed E-state index contributed by atoms with van der Waals surface area (Å²) in [4.78, 5) is 2.77. The molecule has 4 aliphatic rings. The van der Waals surface area contributed by atoms with Gasteiger partial charge in [0.25, 0.3) is 0 Å². The SMILES string of the molecule is CCC12CCCN3CCC4(c5ccccc5N(O)C4CC1)C32. The number of hydroxylamine groups is 1. The number of hydrogen-bond donors (Lipinski definition) is 1. The predicted octanol–water partition coefficient (Wildman–Crippen LogP) is 3.56. The first-order valence-electron chi connectivity index (χ1n) is 9.05. The van der Waals surface area contributed by atoms with Crippen LogP contribution >= 0.6 is 0 Å². The molecule has 3 aliphatic heterocycles. The van der Waals surface area contributed by atoms with Crippen LogP contribution in [0.2, 0.25) is 0 Å². The van der Waals surface area contributed by atoms with Crippen molar-refractivity contribution in [1.82, 2.24) is 4.90 Å². The molecule has 3 heteroatoms. The number of benzene rings is 1. The Morgan fingerprint density at radius 2 is 2.05 bits per heavy atom. The minimum atomic E-state index is 0.167. The summed E-state index contributed by atoms with van der Waals surface area (Å²) in [6, 6.07) is 9.56. The van der Waals surface area contributed by atoms with Crippen molar-refractivity contribution in [3.8, 4) is 0 Å². The molecule has 4 unspecified atom stereocenters. The number of hydrogen-bond acceptors (Lipinski definition) is 3. The van der Waals surface area contributed by atoms with E-state index >= 15 is 0 Å². The van der Waals surface area contributed by atoms with Crippen molar-refractivity contribution < 1.29 is 5.21 Å². The zero-order valence-corrected chi connectivity index (χ0v) is 13.5. The topological polar surface area (TPSA) is 26.7 Å². The molecule has 118 valence electrons. The summed E-state index contributed by atoms with van der Waals surface area (Å²) >= 11 is 0. The molecule has 2 saturated heterocycles. The van der Waals surface area contributed by atoms with E-state index in [0.717, 1.165) is 12.1 Å². The van der Waals surface area contributed by atoms with Crippen LogP contribution in [-0.2, 0) is 5.41 Å². The van der Waals surface area contributed by atoms with Gasteiger partial charge in [-0.25, -0.2) is 0 Å². The number of para-hydroxylation sites is 1. The van der Waals surface area contributed by atoms with E-state index in [1.54, 1.807) is 5.06 Å². The van der Waals surface area contributed by atoms with Gasteiger partial charge in [-0.3, -0.25) is 15.2 Å². The third-order valence-corrected chi connectivity index (χ3v) is 7.53. The van der Waals surface area contributed by atoms with Crippen LogP contribution in [0, 0.1) is 5.41 Å². The molecule has 1 saturated carbocycles. The van der Waals surface area contributed by atoms with Gasteiger partial charge in [-0.1, -0.05) is 25.1 Å². The Balaban J connectivity index is 1.74. The van der Waals surface area contributed by atoms with Gasteiger partial charge >= 0.3 is 0 Å². The molecular formula is C19H26N2O. The van der Waals surface area contributed by atoms with E-state index in [4.69, 9.17) is 0 Å². The van der Waals surface area contributed by atoms with Gasteiger partial charge in [0.2, 0.25) is 0 Å². The number of anilines is 1. The molecule has 0 aromatic heterocycles. The maximum absolute atomic E-state index is 10.9. The minimum absolute atomic E-state index is 0.167. The van der Waals surface area contributed by atoms with E-state index in [-0.39, 0.29) is 11.5 Å². The molecule has 0 amide bonds. The maximum Gasteiger partial charge on any atom is 0.0676 e. The largest absolute Gasteiger partial charge is 0.299 e. The molecule has 1 aliphatic carbocycles. The second-order valence-corrected chi connectivity index (χ2v) is 7.96. The normalized spacial score (nSPS) is 42.9. The van der Waals surface area contributed by atoms with Gasteiger partial charge in [0.1, 0.15) is 0 Å². The van der Waals surface area contributed by atoms with Crippen LogP contribution in [0.5, 0.6) is 0 Å². The van der Waals surface area contributed by atoms with E-state index in [1.807, 2.05) is 0 Å². The number of nitrogens with zero attached hydrogens (tertiary/aromatic N) is 2. The van der Waals surface area contributed by atoms with Crippen molar-refractivity contribution in [2.75, 3.05) is 18.2 Å².